The Labute approximate surface area is 164 Å². The molecule has 1 amide bonds. The van der Waals surface area contributed by atoms with Gasteiger partial charge in [-0.25, -0.2) is 17.2 Å². The molecule has 0 atom stereocenters. The number of nitrogens with zero attached hydrogens (tertiary/aromatic N) is 1. The van der Waals surface area contributed by atoms with Gasteiger partial charge < -0.3 is 4.90 Å². The first-order chi connectivity index (χ1) is 13.3. The molecule has 0 radical (unpaired) electrons. The molecule has 1 aliphatic rings. The van der Waals surface area contributed by atoms with Crippen LogP contribution in [0.3, 0.4) is 0 Å². The number of carbonyl (C=O) groups excluding carboxylic acids is 1. The fourth-order valence-electron chi connectivity index (χ4n) is 3.08. The lowest BCUT2D eigenvalue weighted by atomic mass is 10.1. The summed E-state index contributed by atoms with van der Waals surface area (Å²) in [5.74, 6) is -2.07. The van der Waals surface area contributed by atoms with Crippen LogP contribution in [0.1, 0.15) is 15.2 Å². The van der Waals surface area contributed by atoms with Crippen molar-refractivity contribution in [1.29, 1.82) is 0 Å². The minimum atomic E-state index is -4.33. The third kappa shape index (κ3) is 3.38. The van der Waals surface area contributed by atoms with Gasteiger partial charge in [-0.1, -0.05) is 12.1 Å². The molecule has 1 N–H and O–H groups in total. The minimum Gasteiger partial charge on any atom is -0.307 e. The molecule has 0 saturated heterocycles. The number of hydrogen-bond acceptors (Lipinski definition) is 4. The minimum absolute atomic E-state index is 0.160. The van der Waals surface area contributed by atoms with E-state index >= 15 is 0 Å². The zero-order valence-corrected chi connectivity index (χ0v) is 16.0. The summed E-state index contributed by atoms with van der Waals surface area (Å²) in [5, 5.41) is 1.81. The molecule has 0 spiro atoms. The van der Waals surface area contributed by atoms with Crippen molar-refractivity contribution < 1.29 is 22.0 Å². The van der Waals surface area contributed by atoms with Crippen LogP contribution >= 0.6 is 11.3 Å². The Balaban J connectivity index is 1.65. The topological polar surface area (TPSA) is 66.5 Å². The van der Waals surface area contributed by atoms with E-state index in [1.165, 1.54) is 23.5 Å². The molecule has 4 rings (SSSR count). The van der Waals surface area contributed by atoms with Gasteiger partial charge in [0.2, 0.25) is 0 Å². The van der Waals surface area contributed by atoms with Crippen LogP contribution in [0.25, 0.3) is 0 Å². The number of sulfonamides is 1. The maximum Gasteiger partial charge on any atom is 0.268 e. The summed E-state index contributed by atoms with van der Waals surface area (Å²) in [6.45, 7) is 0.487. The zero-order chi connectivity index (χ0) is 19.9. The van der Waals surface area contributed by atoms with E-state index in [-0.39, 0.29) is 11.6 Å². The average Bonchev–Trinajstić information content (AvgIpc) is 3.32. The molecule has 1 aromatic heterocycles. The molecule has 3 aromatic rings. The van der Waals surface area contributed by atoms with E-state index < -0.39 is 26.6 Å². The average molecular weight is 420 g/mol. The van der Waals surface area contributed by atoms with Gasteiger partial charge in [0.15, 0.2) is 0 Å². The fourth-order valence-corrected chi connectivity index (χ4v) is 4.89. The second-order valence-corrected chi connectivity index (χ2v) is 8.81. The molecule has 0 fully saturated rings. The Morgan fingerprint density at radius 2 is 1.93 bits per heavy atom. The van der Waals surface area contributed by atoms with Crippen molar-refractivity contribution in [3.8, 4) is 0 Å². The number of anilines is 2. The van der Waals surface area contributed by atoms with Gasteiger partial charge in [-0.15, -0.1) is 11.3 Å². The van der Waals surface area contributed by atoms with Crippen molar-refractivity contribution in [1.82, 2.24) is 0 Å². The number of amides is 1. The van der Waals surface area contributed by atoms with E-state index in [9.17, 15) is 22.0 Å². The van der Waals surface area contributed by atoms with Crippen LogP contribution in [-0.4, -0.2) is 20.9 Å². The molecular weight excluding hydrogens is 406 g/mol. The highest BCUT2D eigenvalue weighted by atomic mass is 32.2. The maximum absolute atomic E-state index is 13.9. The van der Waals surface area contributed by atoms with Gasteiger partial charge in [0.05, 0.1) is 10.6 Å². The molecule has 144 valence electrons. The van der Waals surface area contributed by atoms with E-state index in [1.54, 1.807) is 23.1 Å². The predicted molar refractivity (Wildman–Crippen MR) is 103 cm³/mol. The molecule has 28 heavy (non-hydrogen) atoms. The second-order valence-electron chi connectivity index (χ2n) is 6.21. The highest BCUT2D eigenvalue weighted by molar-refractivity contribution is 7.92. The molecule has 2 aromatic carbocycles. The van der Waals surface area contributed by atoms with Gasteiger partial charge >= 0.3 is 0 Å². The monoisotopic (exact) mass is 420 g/mol. The van der Waals surface area contributed by atoms with Crippen molar-refractivity contribution in [2.75, 3.05) is 16.2 Å². The van der Waals surface area contributed by atoms with Crippen LogP contribution in [0.15, 0.2) is 58.8 Å². The van der Waals surface area contributed by atoms with Crippen molar-refractivity contribution in [3.63, 3.8) is 0 Å². The van der Waals surface area contributed by atoms with Crippen LogP contribution < -0.4 is 9.62 Å². The van der Waals surface area contributed by atoms with Gasteiger partial charge in [-0.05, 0) is 53.8 Å². The molecular formula is C19H14F2N2O3S2. The number of halogens is 2. The normalized spacial score (nSPS) is 13.4. The Morgan fingerprint density at radius 3 is 2.68 bits per heavy atom. The van der Waals surface area contributed by atoms with E-state index in [2.05, 4.69) is 4.72 Å². The quantitative estimate of drug-likeness (QED) is 0.693. The number of rotatable bonds is 4. The van der Waals surface area contributed by atoms with Crippen LogP contribution in [0.2, 0.25) is 0 Å². The standard InChI is InChI=1S/C19H14F2N2O3S2/c20-13-4-6-15(21)18(10-13)28(25,26)22-14-5-3-12-7-8-23(16(12)11-14)19(24)17-2-1-9-27-17/h1-6,9-11,22H,7-8H2. The smallest absolute Gasteiger partial charge is 0.268 e. The van der Waals surface area contributed by atoms with Crippen LogP contribution in [-0.2, 0) is 16.4 Å². The highest BCUT2D eigenvalue weighted by Crippen LogP contribution is 2.33. The van der Waals surface area contributed by atoms with Gasteiger partial charge in [-0.3, -0.25) is 9.52 Å². The Bertz CT molecular complexity index is 1160. The van der Waals surface area contributed by atoms with E-state index in [0.717, 1.165) is 17.7 Å². The first-order valence-corrected chi connectivity index (χ1v) is 10.7. The second kappa shape index (κ2) is 6.99. The zero-order valence-electron chi connectivity index (χ0n) is 14.4. The molecule has 0 aliphatic carbocycles. The van der Waals surface area contributed by atoms with Gasteiger partial charge in [0.25, 0.3) is 15.9 Å². The number of benzene rings is 2. The number of carbonyl (C=O) groups is 1. The van der Waals surface area contributed by atoms with Crippen LogP contribution in [0.5, 0.6) is 0 Å². The third-order valence-electron chi connectivity index (χ3n) is 4.39. The number of fused-ring (bicyclic) bond motifs is 1. The molecule has 0 unspecified atom stereocenters. The van der Waals surface area contributed by atoms with Crippen molar-refractivity contribution >= 4 is 38.6 Å². The lowest BCUT2D eigenvalue weighted by Gasteiger charge is -2.17. The van der Waals surface area contributed by atoms with E-state index in [0.29, 0.717) is 29.6 Å². The first kappa shape index (κ1) is 18.6. The largest absolute Gasteiger partial charge is 0.307 e. The van der Waals surface area contributed by atoms with Crippen LogP contribution in [0.4, 0.5) is 20.2 Å². The molecule has 0 saturated carbocycles. The lowest BCUT2D eigenvalue weighted by Crippen LogP contribution is -2.28. The molecule has 9 heteroatoms. The summed E-state index contributed by atoms with van der Waals surface area (Å²) in [6, 6.07) is 10.5. The summed E-state index contributed by atoms with van der Waals surface area (Å²) in [4.78, 5) is 14.1. The number of thiophene rings is 1. The highest BCUT2D eigenvalue weighted by Gasteiger charge is 2.27. The fraction of sp³-hybridized carbons (Fsp3) is 0.105. The maximum atomic E-state index is 13.9. The Kier molecular flexibility index (Phi) is 4.64. The SMILES string of the molecule is O=C(c1cccs1)N1CCc2ccc(NS(=O)(=O)c3cc(F)ccc3F)cc21. The van der Waals surface area contributed by atoms with Crippen LogP contribution in [0, 0.1) is 11.6 Å². The number of nitrogens with one attached hydrogen (secondary N) is 1. The Hall–Kier alpha value is -2.78. The number of hydrogen-bond donors (Lipinski definition) is 1. The summed E-state index contributed by atoms with van der Waals surface area (Å²) in [6.07, 6.45) is 0.651. The van der Waals surface area contributed by atoms with E-state index in [1.807, 2.05) is 5.38 Å². The van der Waals surface area contributed by atoms with E-state index in [4.69, 9.17) is 0 Å². The predicted octanol–water partition coefficient (Wildman–Crippen LogP) is 4.03. The summed E-state index contributed by atoms with van der Waals surface area (Å²) >= 11 is 1.33. The summed E-state index contributed by atoms with van der Waals surface area (Å²) < 4.78 is 54.5. The van der Waals surface area contributed by atoms with Gasteiger partial charge in [-0.2, -0.15) is 0 Å². The molecule has 2 heterocycles. The Morgan fingerprint density at radius 1 is 1.11 bits per heavy atom. The van der Waals surface area contributed by atoms with Crippen molar-refractivity contribution in [2.45, 2.75) is 11.3 Å². The molecule has 0 bridgehead atoms. The lowest BCUT2D eigenvalue weighted by molar-refractivity contribution is 0.0993. The van der Waals surface area contributed by atoms with Crippen molar-refractivity contribution in [2.24, 2.45) is 0 Å². The summed E-state index contributed by atoms with van der Waals surface area (Å²) in [7, 11) is -4.33. The first-order valence-electron chi connectivity index (χ1n) is 8.31. The van der Waals surface area contributed by atoms with Gasteiger partial charge in [0.1, 0.15) is 16.5 Å². The third-order valence-corrected chi connectivity index (χ3v) is 6.65. The summed E-state index contributed by atoms with van der Waals surface area (Å²) in [5.41, 5.74) is 1.66. The van der Waals surface area contributed by atoms with Crippen molar-refractivity contribution in [3.05, 3.63) is 76.0 Å². The molecule has 1 aliphatic heterocycles. The van der Waals surface area contributed by atoms with Gasteiger partial charge in [0, 0.05) is 12.2 Å². The molecule has 5 nitrogen and oxygen atoms in total.